The first-order valence-electron chi connectivity index (χ1n) is 9.07. The van der Waals surface area contributed by atoms with Crippen molar-refractivity contribution in [3.8, 4) is 6.57 Å². The van der Waals surface area contributed by atoms with E-state index in [0.717, 1.165) is 12.8 Å². The maximum Gasteiger partial charge on any atom is 0.254 e. The summed E-state index contributed by atoms with van der Waals surface area (Å²) in [6, 6.07) is 6.49. The molecule has 7 nitrogen and oxygen atoms in total. The largest absolute Gasteiger partial charge is 0.365 e. The number of halogens is 1. The number of aromatic nitrogens is 3. The summed E-state index contributed by atoms with van der Waals surface area (Å²) in [6.45, 7) is 3.50. The number of primary amides is 1. The topological polar surface area (TPSA) is 110 Å². The van der Waals surface area contributed by atoms with Crippen LogP contribution in [-0.4, -0.2) is 20.7 Å². The molecule has 1 saturated carbocycles. The SMILES string of the molecule is C#N.NC(=O)c1cn(C2CCCCC2)nc1Nc1cnc2ccc(F)cc2c1. The number of pyridine rings is 1. The molecule has 0 atom stereocenters. The molecule has 2 aromatic heterocycles. The number of nitrogens with two attached hydrogens (primary N) is 1. The van der Waals surface area contributed by atoms with Crippen LogP contribution in [0.15, 0.2) is 36.7 Å². The van der Waals surface area contributed by atoms with E-state index in [1.54, 1.807) is 24.5 Å². The number of carbonyl (C=O) groups excluding carboxylic acids is 1. The van der Waals surface area contributed by atoms with Gasteiger partial charge in [-0.3, -0.25) is 14.5 Å². The minimum atomic E-state index is -0.533. The third-order valence-corrected chi connectivity index (χ3v) is 4.85. The lowest BCUT2D eigenvalue weighted by Gasteiger charge is -2.21. The van der Waals surface area contributed by atoms with Gasteiger partial charge in [0, 0.05) is 18.2 Å². The van der Waals surface area contributed by atoms with Crippen molar-refractivity contribution in [2.45, 2.75) is 38.1 Å². The van der Waals surface area contributed by atoms with Gasteiger partial charge in [0.1, 0.15) is 11.4 Å². The summed E-state index contributed by atoms with van der Waals surface area (Å²) in [5.74, 6) is -0.453. The van der Waals surface area contributed by atoms with Gasteiger partial charge in [-0.25, -0.2) is 9.65 Å². The molecule has 0 spiro atoms. The molecule has 1 aliphatic rings. The molecule has 28 heavy (non-hydrogen) atoms. The fourth-order valence-corrected chi connectivity index (χ4v) is 3.50. The van der Waals surface area contributed by atoms with Crippen LogP contribution in [0.2, 0.25) is 0 Å². The number of hydrogen-bond acceptors (Lipinski definition) is 5. The number of nitrogens with one attached hydrogen (secondary N) is 1. The standard InChI is InChI=1S/C19H20FN5O.CHN/c20-13-6-7-17-12(8-13)9-14(10-22-17)23-19-16(18(21)26)11-25(24-19)15-4-2-1-3-5-15;1-2/h6-11,15H,1-5H2,(H2,21,26)(H,23,24);1H. The summed E-state index contributed by atoms with van der Waals surface area (Å²) in [5, 5.41) is 14.8. The highest BCUT2D eigenvalue weighted by Gasteiger charge is 2.21. The quantitative estimate of drug-likeness (QED) is 0.709. The molecule has 1 aliphatic carbocycles. The van der Waals surface area contributed by atoms with Crippen LogP contribution in [0.1, 0.15) is 48.5 Å². The lowest BCUT2D eigenvalue weighted by atomic mass is 9.96. The minimum absolute atomic E-state index is 0.293. The predicted octanol–water partition coefficient (Wildman–Crippen LogP) is 4.06. The number of anilines is 2. The molecular formula is C20H21FN6O. The molecule has 0 radical (unpaired) electrons. The molecule has 0 saturated heterocycles. The van der Waals surface area contributed by atoms with Gasteiger partial charge in [-0.2, -0.15) is 5.10 Å². The smallest absolute Gasteiger partial charge is 0.254 e. The zero-order valence-corrected chi connectivity index (χ0v) is 15.3. The average Bonchev–Trinajstić information content (AvgIpc) is 3.14. The Bertz CT molecular complexity index is 1010. The lowest BCUT2D eigenvalue weighted by Crippen LogP contribution is -2.14. The third-order valence-electron chi connectivity index (χ3n) is 4.85. The van der Waals surface area contributed by atoms with E-state index < -0.39 is 5.91 Å². The zero-order valence-electron chi connectivity index (χ0n) is 15.3. The van der Waals surface area contributed by atoms with E-state index in [0.29, 0.717) is 34.0 Å². The van der Waals surface area contributed by atoms with E-state index in [1.165, 1.54) is 31.4 Å². The molecule has 8 heteroatoms. The van der Waals surface area contributed by atoms with E-state index in [1.807, 2.05) is 4.68 Å². The Labute approximate surface area is 162 Å². The van der Waals surface area contributed by atoms with Crippen LogP contribution in [0.3, 0.4) is 0 Å². The van der Waals surface area contributed by atoms with E-state index >= 15 is 0 Å². The molecular weight excluding hydrogens is 359 g/mol. The minimum Gasteiger partial charge on any atom is -0.365 e. The lowest BCUT2D eigenvalue weighted by molar-refractivity contribution is 0.100. The molecule has 1 amide bonds. The number of nitriles is 1. The maximum atomic E-state index is 13.4. The molecule has 0 bridgehead atoms. The van der Waals surface area contributed by atoms with Gasteiger partial charge in [0.15, 0.2) is 5.82 Å². The van der Waals surface area contributed by atoms with Crippen molar-refractivity contribution in [2.24, 2.45) is 5.73 Å². The van der Waals surface area contributed by atoms with Gasteiger partial charge < -0.3 is 11.1 Å². The summed E-state index contributed by atoms with van der Waals surface area (Å²) in [7, 11) is 0. The Morgan fingerprint density at radius 2 is 2.00 bits per heavy atom. The zero-order chi connectivity index (χ0) is 20.1. The van der Waals surface area contributed by atoms with Crippen molar-refractivity contribution in [1.82, 2.24) is 14.8 Å². The van der Waals surface area contributed by atoms with Gasteiger partial charge in [-0.15, -0.1) is 0 Å². The van der Waals surface area contributed by atoms with Gasteiger partial charge in [0.25, 0.3) is 5.91 Å². The Morgan fingerprint density at radius 1 is 1.25 bits per heavy atom. The van der Waals surface area contributed by atoms with Crippen LogP contribution in [0.25, 0.3) is 10.9 Å². The highest BCUT2D eigenvalue weighted by molar-refractivity contribution is 5.98. The van der Waals surface area contributed by atoms with Crippen molar-refractivity contribution in [2.75, 3.05) is 5.32 Å². The monoisotopic (exact) mass is 380 g/mol. The first kappa shape index (κ1) is 19.3. The van der Waals surface area contributed by atoms with Gasteiger partial charge in [-0.1, -0.05) is 19.3 Å². The molecule has 1 aromatic carbocycles. The van der Waals surface area contributed by atoms with Crippen molar-refractivity contribution < 1.29 is 9.18 Å². The molecule has 4 rings (SSSR count). The molecule has 2 heterocycles. The second-order valence-corrected chi connectivity index (χ2v) is 6.71. The van der Waals surface area contributed by atoms with Crippen molar-refractivity contribution in [3.63, 3.8) is 0 Å². The van der Waals surface area contributed by atoms with E-state index in [4.69, 9.17) is 11.0 Å². The molecule has 3 aromatic rings. The number of amides is 1. The predicted molar refractivity (Wildman–Crippen MR) is 105 cm³/mol. The number of carbonyl (C=O) groups is 1. The summed E-state index contributed by atoms with van der Waals surface area (Å²) in [5.41, 5.74) is 7.19. The fourth-order valence-electron chi connectivity index (χ4n) is 3.50. The van der Waals surface area contributed by atoms with E-state index in [2.05, 4.69) is 22.0 Å². The summed E-state index contributed by atoms with van der Waals surface area (Å²) in [4.78, 5) is 16.1. The average molecular weight is 380 g/mol. The van der Waals surface area contributed by atoms with Gasteiger partial charge in [-0.05, 0) is 37.1 Å². The van der Waals surface area contributed by atoms with Crippen LogP contribution in [0, 0.1) is 17.7 Å². The first-order chi connectivity index (χ1) is 13.6. The number of fused-ring (bicyclic) bond motifs is 1. The van der Waals surface area contributed by atoms with Crippen molar-refractivity contribution in [1.29, 1.82) is 5.26 Å². The first-order valence-corrected chi connectivity index (χ1v) is 9.07. The van der Waals surface area contributed by atoms with Crippen LogP contribution < -0.4 is 11.1 Å². The van der Waals surface area contributed by atoms with Crippen LogP contribution >= 0.6 is 0 Å². The van der Waals surface area contributed by atoms with E-state index in [9.17, 15) is 9.18 Å². The van der Waals surface area contributed by atoms with Crippen molar-refractivity contribution in [3.05, 3.63) is 48.0 Å². The van der Waals surface area contributed by atoms with Crippen LogP contribution in [0.5, 0.6) is 0 Å². The highest BCUT2D eigenvalue weighted by Crippen LogP contribution is 2.30. The normalized spacial score (nSPS) is 14.2. The highest BCUT2D eigenvalue weighted by atomic mass is 19.1. The van der Waals surface area contributed by atoms with Gasteiger partial charge >= 0.3 is 0 Å². The third kappa shape index (κ3) is 4.09. The number of benzene rings is 1. The van der Waals surface area contributed by atoms with Gasteiger partial charge in [0.05, 0.1) is 23.4 Å². The van der Waals surface area contributed by atoms with Gasteiger partial charge in [0.2, 0.25) is 0 Å². The van der Waals surface area contributed by atoms with E-state index in [-0.39, 0.29) is 5.82 Å². The maximum absolute atomic E-state index is 13.4. The summed E-state index contributed by atoms with van der Waals surface area (Å²) in [6.07, 6.45) is 9.02. The fraction of sp³-hybridized carbons (Fsp3) is 0.300. The number of nitrogens with zero attached hydrogens (tertiary/aromatic N) is 4. The second-order valence-electron chi connectivity index (χ2n) is 6.71. The second kappa shape index (κ2) is 8.48. The van der Waals surface area contributed by atoms with Crippen molar-refractivity contribution >= 4 is 28.3 Å². The Kier molecular flexibility index (Phi) is 5.84. The number of rotatable bonds is 4. The molecule has 1 fully saturated rings. The summed E-state index contributed by atoms with van der Waals surface area (Å²) < 4.78 is 15.3. The molecule has 3 N–H and O–H groups in total. The Hall–Kier alpha value is -3.47. The Morgan fingerprint density at radius 3 is 2.71 bits per heavy atom. The molecule has 0 unspecified atom stereocenters. The number of hydrogen-bond donors (Lipinski definition) is 2. The van der Waals surface area contributed by atoms with Crippen LogP contribution in [0.4, 0.5) is 15.9 Å². The Balaban J connectivity index is 0.00000109. The summed E-state index contributed by atoms with van der Waals surface area (Å²) >= 11 is 0. The van der Waals surface area contributed by atoms with Crippen LogP contribution in [-0.2, 0) is 0 Å². The molecule has 0 aliphatic heterocycles. The molecule has 144 valence electrons.